The monoisotopic (exact) mass is 559 g/mol. The minimum Gasteiger partial charge on any atom is -0.483 e. The van der Waals surface area contributed by atoms with Gasteiger partial charge in [-0.2, -0.15) is 5.10 Å². The van der Waals surface area contributed by atoms with Gasteiger partial charge in [0.15, 0.2) is 6.61 Å². The minimum absolute atomic E-state index is 0.141. The molecule has 0 saturated carbocycles. The highest BCUT2D eigenvalue weighted by Gasteiger charge is 2.21. The van der Waals surface area contributed by atoms with Crippen molar-refractivity contribution in [2.45, 2.75) is 0 Å². The van der Waals surface area contributed by atoms with Gasteiger partial charge >= 0.3 is 5.69 Å². The summed E-state index contributed by atoms with van der Waals surface area (Å²) in [6.07, 6.45) is 1.29. The molecule has 1 N–H and O–H groups in total. The molecule has 0 unspecified atom stereocenters. The van der Waals surface area contributed by atoms with E-state index in [0.29, 0.717) is 10.0 Å². The number of hydrogen-bond donors (Lipinski definition) is 1. The van der Waals surface area contributed by atoms with Gasteiger partial charge in [-0.3, -0.25) is 35.1 Å². The molecule has 0 radical (unpaired) electrons. The standard InChI is InChI=1S/C21H14BrN5O9/c22-17-9-14(25(29)30)4-6-19(17)35-12-21(28)24-23-11-13-2-1-3-16(8-13)36-20-7-5-15(26(31)32)10-18(20)27(33)34/h1-11H,12H2,(H,24,28)/b23-11-. The SMILES string of the molecule is O=C(COc1ccc([N+](=O)[O-])cc1Br)N/N=C\c1cccc(Oc2ccc([N+](=O)[O-])cc2[N+](=O)[O-])c1. The van der Waals surface area contributed by atoms with E-state index in [2.05, 4.69) is 26.5 Å². The number of carbonyl (C=O) groups excluding carboxylic acids is 1. The van der Waals surface area contributed by atoms with Gasteiger partial charge in [0.25, 0.3) is 17.3 Å². The summed E-state index contributed by atoms with van der Waals surface area (Å²) in [6, 6.07) is 13.0. The van der Waals surface area contributed by atoms with E-state index in [9.17, 15) is 35.1 Å². The summed E-state index contributed by atoms with van der Waals surface area (Å²) >= 11 is 3.13. The third kappa shape index (κ3) is 6.80. The van der Waals surface area contributed by atoms with Crippen LogP contribution in [0.1, 0.15) is 5.56 Å². The maximum absolute atomic E-state index is 12.0. The Hall–Kier alpha value is -4.92. The Bertz CT molecular complexity index is 1380. The van der Waals surface area contributed by atoms with Gasteiger partial charge in [0.05, 0.1) is 31.5 Å². The van der Waals surface area contributed by atoms with Crippen molar-refractivity contribution in [2.75, 3.05) is 6.61 Å². The smallest absolute Gasteiger partial charge is 0.318 e. The fourth-order valence-electron chi connectivity index (χ4n) is 2.71. The molecule has 0 bridgehead atoms. The van der Waals surface area contributed by atoms with Crippen molar-refractivity contribution in [1.82, 2.24) is 5.43 Å². The van der Waals surface area contributed by atoms with E-state index in [1.54, 1.807) is 12.1 Å². The first-order chi connectivity index (χ1) is 17.1. The summed E-state index contributed by atoms with van der Waals surface area (Å²) in [4.78, 5) is 42.8. The first kappa shape index (κ1) is 25.7. The Labute approximate surface area is 209 Å². The summed E-state index contributed by atoms with van der Waals surface area (Å²) < 4.78 is 11.1. The number of hydrazone groups is 1. The molecule has 14 nitrogen and oxygen atoms in total. The zero-order chi connectivity index (χ0) is 26.2. The summed E-state index contributed by atoms with van der Waals surface area (Å²) in [5.74, 6) is -0.383. The molecule has 3 rings (SSSR count). The second-order valence-corrected chi connectivity index (χ2v) is 7.65. The van der Waals surface area contributed by atoms with Gasteiger partial charge in [-0.1, -0.05) is 12.1 Å². The molecule has 0 spiro atoms. The van der Waals surface area contributed by atoms with E-state index in [1.165, 1.54) is 36.5 Å². The third-order valence-electron chi connectivity index (χ3n) is 4.32. The Kier molecular flexibility index (Phi) is 8.19. The van der Waals surface area contributed by atoms with Crippen LogP contribution in [0.5, 0.6) is 17.2 Å². The molecule has 1 amide bonds. The van der Waals surface area contributed by atoms with E-state index < -0.39 is 38.7 Å². The van der Waals surface area contributed by atoms with E-state index in [4.69, 9.17) is 9.47 Å². The van der Waals surface area contributed by atoms with Crippen LogP contribution in [0.2, 0.25) is 0 Å². The number of benzene rings is 3. The maximum Gasteiger partial charge on any atom is 0.318 e. The lowest BCUT2D eigenvalue weighted by molar-refractivity contribution is -0.394. The zero-order valence-electron chi connectivity index (χ0n) is 17.9. The normalized spacial score (nSPS) is 10.6. The summed E-state index contributed by atoms with van der Waals surface area (Å²) in [7, 11) is 0. The molecule has 0 fully saturated rings. The molecule has 15 heteroatoms. The zero-order valence-corrected chi connectivity index (χ0v) is 19.5. The molecule has 36 heavy (non-hydrogen) atoms. The highest BCUT2D eigenvalue weighted by molar-refractivity contribution is 9.10. The van der Waals surface area contributed by atoms with Crippen LogP contribution >= 0.6 is 15.9 Å². The average molecular weight is 560 g/mol. The summed E-state index contributed by atoms with van der Waals surface area (Å²) in [5.41, 5.74) is 1.55. The van der Waals surface area contributed by atoms with Crippen LogP contribution in [-0.4, -0.2) is 33.5 Å². The van der Waals surface area contributed by atoms with Gasteiger partial charge in [-0.25, -0.2) is 5.43 Å². The van der Waals surface area contributed by atoms with Gasteiger partial charge in [0, 0.05) is 18.2 Å². The number of carbonyl (C=O) groups is 1. The first-order valence-electron chi connectivity index (χ1n) is 9.73. The predicted molar refractivity (Wildman–Crippen MR) is 128 cm³/mol. The van der Waals surface area contributed by atoms with Crippen LogP contribution in [0.4, 0.5) is 17.1 Å². The molecule has 0 saturated heterocycles. The second kappa shape index (κ2) is 11.5. The largest absolute Gasteiger partial charge is 0.483 e. The van der Waals surface area contributed by atoms with Gasteiger partial charge in [0.1, 0.15) is 11.5 Å². The van der Waals surface area contributed by atoms with Crippen molar-refractivity contribution >= 4 is 45.1 Å². The number of non-ortho nitro benzene ring substituents is 2. The Morgan fingerprint density at radius 2 is 1.58 bits per heavy atom. The molecule has 0 aromatic heterocycles. The van der Waals surface area contributed by atoms with Crippen LogP contribution < -0.4 is 14.9 Å². The van der Waals surface area contributed by atoms with Crippen LogP contribution in [0.3, 0.4) is 0 Å². The number of nitro benzene ring substituents is 3. The number of nitro groups is 3. The molecule has 0 atom stereocenters. The lowest BCUT2D eigenvalue weighted by atomic mass is 10.2. The topological polar surface area (TPSA) is 189 Å². The molecule has 0 aliphatic rings. The Morgan fingerprint density at radius 1 is 0.917 bits per heavy atom. The van der Waals surface area contributed by atoms with Crippen molar-refractivity contribution < 1.29 is 29.0 Å². The van der Waals surface area contributed by atoms with E-state index in [1.807, 2.05) is 0 Å². The van der Waals surface area contributed by atoms with Gasteiger partial charge in [-0.05, 0) is 45.8 Å². The van der Waals surface area contributed by atoms with Crippen molar-refractivity contribution in [3.05, 3.63) is 101 Å². The van der Waals surface area contributed by atoms with Gasteiger partial charge in [0.2, 0.25) is 5.75 Å². The number of halogens is 1. The molecule has 0 heterocycles. The molecule has 0 aliphatic carbocycles. The highest BCUT2D eigenvalue weighted by atomic mass is 79.9. The Balaban J connectivity index is 1.60. The molecule has 0 aliphatic heterocycles. The molecular formula is C21H14BrN5O9. The predicted octanol–water partition coefficient (Wildman–Crippen LogP) is 4.50. The lowest BCUT2D eigenvalue weighted by Gasteiger charge is -2.07. The summed E-state index contributed by atoms with van der Waals surface area (Å²) in [6.45, 7) is -0.416. The fourth-order valence-corrected chi connectivity index (χ4v) is 3.19. The third-order valence-corrected chi connectivity index (χ3v) is 4.94. The molecule has 3 aromatic carbocycles. The maximum atomic E-state index is 12.0. The van der Waals surface area contributed by atoms with Crippen LogP contribution in [0, 0.1) is 30.3 Å². The van der Waals surface area contributed by atoms with E-state index in [-0.39, 0.29) is 22.9 Å². The number of hydrogen-bond acceptors (Lipinski definition) is 10. The number of rotatable bonds is 10. The average Bonchev–Trinajstić information content (AvgIpc) is 2.83. The summed E-state index contributed by atoms with van der Waals surface area (Å²) in [5, 5.41) is 36.7. The van der Waals surface area contributed by atoms with E-state index in [0.717, 1.165) is 18.2 Å². The van der Waals surface area contributed by atoms with Gasteiger partial charge in [-0.15, -0.1) is 0 Å². The number of nitrogens with zero attached hydrogens (tertiary/aromatic N) is 4. The van der Waals surface area contributed by atoms with Crippen LogP contribution in [0.25, 0.3) is 0 Å². The fraction of sp³-hybridized carbons (Fsp3) is 0.0476. The second-order valence-electron chi connectivity index (χ2n) is 6.79. The number of nitrogens with one attached hydrogen (secondary N) is 1. The Morgan fingerprint density at radius 3 is 2.22 bits per heavy atom. The first-order valence-corrected chi connectivity index (χ1v) is 10.5. The lowest BCUT2D eigenvalue weighted by Crippen LogP contribution is -2.24. The molecule has 184 valence electrons. The van der Waals surface area contributed by atoms with Crippen molar-refractivity contribution in [3.63, 3.8) is 0 Å². The molecule has 3 aromatic rings. The van der Waals surface area contributed by atoms with E-state index >= 15 is 0 Å². The van der Waals surface area contributed by atoms with Crippen LogP contribution in [0.15, 0.2) is 70.2 Å². The van der Waals surface area contributed by atoms with Crippen molar-refractivity contribution in [1.29, 1.82) is 0 Å². The highest BCUT2D eigenvalue weighted by Crippen LogP contribution is 2.34. The van der Waals surface area contributed by atoms with Crippen LogP contribution in [-0.2, 0) is 4.79 Å². The minimum atomic E-state index is -0.791. The number of ether oxygens (including phenoxy) is 2. The number of amides is 1. The van der Waals surface area contributed by atoms with Crippen molar-refractivity contribution in [3.8, 4) is 17.2 Å². The van der Waals surface area contributed by atoms with Gasteiger partial charge < -0.3 is 9.47 Å². The quantitative estimate of drug-likeness (QED) is 0.211. The molecular weight excluding hydrogens is 546 g/mol. The van der Waals surface area contributed by atoms with Crippen molar-refractivity contribution in [2.24, 2.45) is 5.10 Å².